The molecule has 27 heavy (non-hydrogen) atoms. The number of aliphatic carboxylic acids is 1. The molecule has 3 N–H and O–H groups in total. The molecule has 0 bridgehead atoms. The van der Waals surface area contributed by atoms with E-state index in [2.05, 4.69) is 10.6 Å². The quantitative estimate of drug-likeness (QED) is 0.664. The predicted octanol–water partition coefficient (Wildman–Crippen LogP) is 2.56. The van der Waals surface area contributed by atoms with Gasteiger partial charge in [-0.1, -0.05) is 25.1 Å². The molecule has 0 aromatic heterocycles. The van der Waals surface area contributed by atoms with E-state index in [1.165, 1.54) is 30.3 Å². The summed E-state index contributed by atoms with van der Waals surface area (Å²) in [5, 5.41) is 14.7. The Morgan fingerprint density at radius 3 is 2.15 bits per heavy atom. The van der Waals surface area contributed by atoms with E-state index in [1.807, 2.05) is 6.92 Å². The van der Waals surface area contributed by atoms with Gasteiger partial charge in [0.25, 0.3) is 11.8 Å². The van der Waals surface area contributed by atoms with Gasteiger partial charge in [0.05, 0.1) is 5.92 Å². The third kappa shape index (κ3) is 5.64. The van der Waals surface area contributed by atoms with E-state index in [9.17, 15) is 23.9 Å². The zero-order chi connectivity index (χ0) is 19.8. The number of benzene rings is 2. The molecular formula is C20H21FN2O4. The fraction of sp³-hybridized carbons (Fsp3) is 0.250. The van der Waals surface area contributed by atoms with Crippen molar-refractivity contribution in [1.29, 1.82) is 0 Å². The van der Waals surface area contributed by atoms with Crippen molar-refractivity contribution in [2.75, 3.05) is 13.1 Å². The topological polar surface area (TPSA) is 95.5 Å². The van der Waals surface area contributed by atoms with E-state index < -0.39 is 23.6 Å². The van der Waals surface area contributed by atoms with Crippen LogP contribution in [0.1, 0.15) is 45.5 Å². The standard InChI is InChI=1S/C20H21FN2O4/c1-2-10-22-18(24)14-4-3-5-15(11-14)19(25)23-12-17(20(26)27)13-6-8-16(21)9-7-13/h3-9,11,17H,2,10,12H2,1H3,(H,22,24)(H,23,25)(H,26,27). The SMILES string of the molecule is CCCNC(=O)c1cccc(C(=O)NCC(C(=O)O)c2ccc(F)cc2)c1. The number of hydrogen-bond acceptors (Lipinski definition) is 3. The summed E-state index contributed by atoms with van der Waals surface area (Å²) < 4.78 is 13.0. The third-order valence-corrected chi connectivity index (χ3v) is 3.96. The number of rotatable bonds is 8. The number of carboxylic acid groups (broad SMARTS) is 1. The van der Waals surface area contributed by atoms with Crippen LogP contribution in [0.3, 0.4) is 0 Å². The van der Waals surface area contributed by atoms with Crippen molar-refractivity contribution in [3.8, 4) is 0 Å². The van der Waals surface area contributed by atoms with Crippen LogP contribution in [0.5, 0.6) is 0 Å². The van der Waals surface area contributed by atoms with E-state index in [0.29, 0.717) is 17.7 Å². The lowest BCUT2D eigenvalue weighted by Gasteiger charge is -2.14. The lowest BCUT2D eigenvalue weighted by Crippen LogP contribution is -2.32. The molecule has 1 unspecified atom stereocenters. The van der Waals surface area contributed by atoms with Crippen molar-refractivity contribution >= 4 is 17.8 Å². The predicted molar refractivity (Wildman–Crippen MR) is 98.2 cm³/mol. The second kappa shape index (κ2) is 9.47. The molecule has 1 atom stereocenters. The molecule has 0 saturated heterocycles. The van der Waals surface area contributed by atoms with Crippen molar-refractivity contribution in [2.24, 2.45) is 0 Å². The van der Waals surface area contributed by atoms with Crippen molar-refractivity contribution in [2.45, 2.75) is 19.3 Å². The molecule has 0 fully saturated rings. The lowest BCUT2D eigenvalue weighted by atomic mass is 9.99. The molecule has 0 aliphatic carbocycles. The highest BCUT2D eigenvalue weighted by Gasteiger charge is 2.21. The minimum atomic E-state index is -1.13. The van der Waals surface area contributed by atoms with Gasteiger partial charge in [-0.15, -0.1) is 0 Å². The van der Waals surface area contributed by atoms with Crippen LogP contribution in [-0.4, -0.2) is 36.0 Å². The van der Waals surface area contributed by atoms with E-state index in [1.54, 1.807) is 18.2 Å². The van der Waals surface area contributed by atoms with Gasteiger partial charge >= 0.3 is 5.97 Å². The van der Waals surface area contributed by atoms with Gasteiger partial charge in [0.15, 0.2) is 0 Å². The largest absolute Gasteiger partial charge is 0.481 e. The van der Waals surface area contributed by atoms with Crippen LogP contribution in [0, 0.1) is 5.82 Å². The molecule has 2 aromatic rings. The molecule has 2 amide bonds. The Balaban J connectivity index is 2.06. The van der Waals surface area contributed by atoms with E-state index in [0.717, 1.165) is 6.42 Å². The third-order valence-electron chi connectivity index (χ3n) is 3.96. The second-order valence-corrected chi connectivity index (χ2v) is 5.99. The maximum atomic E-state index is 13.0. The second-order valence-electron chi connectivity index (χ2n) is 5.99. The number of halogens is 1. The van der Waals surface area contributed by atoms with Crippen molar-refractivity contribution in [3.63, 3.8) is 0 Å². The molecule has 0 radical (unpaired) electrons. The van der Waals surface area contributed by atoms with Crippen LogP contribution in [-0.2, 0) is 4.79 Å². The number of amides is 2. The van der Waals surface area contributed by atoms with Gasteiger partial charge in [-0.3, -0.25) is 14.4 Å². The minimum absolute atomic E-state index is 0.161. The van der Waals surface area contributed by atoms with Gasteiger partial charge in [0, 0.05) is 24.2 Å². The first-order valence-corrected chi connectivity index (χ1v) is 8.57. The Labute approximate surface area is 156 Å². The highest BCUT2D eigenvalue weighted by Crippen LogP contribution is 2.16. The Bertz CT molecular complexity index is 821. The van der Waals surface area contributed by atoms with Crippen LogP contribution >= 0.6 is 0 Å². The first-order chi connectivity index (χ1) is 12.9. The number of carbonyl (C=O) groups excluding carboxylic acids is 2. The van der Waals surface area contributed by atoms with Crippen molar-refractivity contribution in [3.05, 3.63) is 71.0 Å². The molecule has 2 aromatic carbocycles. The van der Waals surface area contributed by atoms with Gasteiger partial charge < -0.3 is 15.7 Å². The average molecular weight is 372 g/mol. The van der Waals surface area contributed by atoms with E-state index in [4.69, 9.17) is 0 Å². The van der Waals surface area contributed by atoms with E-state index in [-0.39, 0.29) is 18.0 Å². The fourth-order valence-corrected chi connectivity index (χ4v) is 2.48. The molecule has 0 heterocycles. The summed E-state index contributed by atoms with van der Waals surface area (Å²) in [6.45, 7) is 2.31. The zero-order valence-electron chi connectivity index (χ0n) is 14.9. The van der Waals surface area contributed by atoms with Gasteiger partial charge in [-0.05, 0) is 42.3 Å². The molecule has 0 spiro atoms. The van der Waals surface area contributed by atoms with Crippen LogP contribution < -0.4 is 10.6 Å². The molecule has 7 heteroatoms. The summed E-state index contributed by atoms with van der Waals surface area (Å²) in [6.07, 6.45) is 0.797. The lowest BCUT2D eigenvalue weighted by molar-refractivity contribution is -0.138. The fourth-order valence-electron chi connectivity index (χ4n) is 2.48. The van der Waals surface area contributed by atoms with Gasteiger partial charge in [0.1, 0.15) is 5.82 Å². The van der Waals surface area contributed by atoms with Crippen molar-refractivity contribution < 1.29 is 23.9 Å². The molecule has 6 nitrogen and oxygen atoms in total. The maximum absolute atomic E-state index is 13.0. The summed E-state index contributed by atoms with van der Waals surface area (Å²) in [6, 6.07) is 11.3. The van der Waals surface area contributed by atoms with Crippen LogP contribution in [0.4, 0.5) is 4.39 Å². The number of hydrogen-bond donors (Lipinski definition) is 3. The molecule has 142 valence electrons. The highest BCUT2D eigenvalue weighted by molar-refractivity contribution is 5.99. The molecular weight excluding hydrogens is 351 g/mol. The van der Waals surface area contributed by atoms with Gasteiger partial charge in [-0.25, -0.2) is 4.39 Å². The summed E-state index contributed by atoms with van der Waals surface area (Å²) in [7, 11) is 0. The van der Waals surface area contributed by atoms with E-state index >= 15 is 0 Å². The number of carboxylic acids is 1. The van der Waals surface area contributed by atoms with Crippen LogP contribution in [0.15, 0.2) is 48.5 Å². The van der Waals surface area contributed by atoms with Crippen LogP contribution in [0.25, 0.3) is 0 Å². The number of carbonyl (C=O) groups is 3. The normalized spacial score (nSPS) is 11.5. The monoisotopic (exact) mass is 372 g/mol. The zero-order valence-corrected chi connectivity index (χ0v) is 14.9. The Morgan fingerprint density at radius 2 is 1.59 bits per heavy atom. The Hall–Kier alpha value is -3.22. The Kier molecular flexibility index (Phi) is 7.05. The van der Waals surface area contributed by atoms with Crippen LogP contribution in [0.2, 0.25) is 0 Å². The highest BCUT2D eigenvalue weighted by atomic mass is 19.1. The Morgan fingerprint density at radius 1 is 1.00 bits per heavy atom. The first kappa shape index (κ1) is 20.1. The smallest absolute Gasteiger partial charge is 0.312 e. The first-order valence-electron chi connectivity index (χ1n) is 8.57. The van der Waals surface area contributed by atoms with Gasteiger partial charge in [0.2, 0.25) is 0 Å². The summed E-state index contributed by atoms with van der Waals surface area (Å²) in [5.74, 6) is -3.37. The minimum Gasteiger partial charge on any atom is -0.481 e. The summed E-state index contributed by atoms with van der Waals surface area (Å²) >= 11 is 0. The molecule has 0 saturated carbocycles. The molecule has 0 aliphatic rings. The maximum Gasteiger partial charge on any atom is 0.312 e. The van der Waals surface area contributed by atoms with Gasteiger partial charge in [-0.2, -0.15) is 0 Å². The van der Waals surface area contributed by atoms with Crippen molar-refractivity contribution in [1.82, 2.24) is 10.6 Å². The summed E-state index contributed by atoms with van der Waals surface area (Å²) in [4.78, 5) is 35.8. The average Bonchev–Trinajstić information content (AvgIpc) is 2.67. The summed E-state index contributed by atoms with van der Waals surface area (Å²) in [5.41, 5.74) is 0.990. The molecule has 2 rings (SSSR count). The molecule has 0 aliphatic heterocycles. The number of nitrogens with one attached hydrogen (secondary N) is 2.